The van der Waals surface area contributed by atoms with E-state index in [0.717, 1.165) is 22.6 Å². The third-order valence-corrected chi connectivity index (χ3v) is 4.31. The molecule has 0 saturated heterocycles. The van der Waals surface area contributed by atoms with Gasteiger partial charge in [0, 0.05) is 17.0 Å². The zero-order valence-corrected chi connectivity index (χ0v) is 15.8. The number of hydrogen-bond acceptors (Lipinski definition) is 4. The number of nitrogens with zero attached hydrogens (tertiary/aromatic N) is 1. The van der Waals surface area contributed by atoms with E-state index in [1.165, 1.54) is 29.5 Å². The predicted molar refractivity (Wildman–Crippen MR) is 107 cm³/mol. The summed E-state index contributed by atoms with van der Waals surface area (Å²) in [6.07, 6.45) is 3.14. The Kier molecular flexibility index (Phi) is 5.98. The van der Waals surface area contributed by atoms with Crippen LogP contribution in [0.3, 0.4) is 0 Å². The lowest BCUT2D eigenvalue weighted by Gasteiger charge is -2.09. The summed E-state index contributed by atoms with van der Waals surface area (Å²) in [6.45, 7) is 3.96. The molecule has 0 aliphatic carbocycles. The van der Waals surface area contributed by atoms with Crippen LogP contribution < -0.4 is 10.1 Å². The zero-order chi connectivity index (χ0) is 19.2. The largest absolute Gasteiger partial charge is 0.491 e. The van der Waals surface area contributed by atoms with Crippen molar-refractivity contribution in [3.05, 3.63) is 71.4 Å². The highest BCUT2D eigenvalue weighted by Gasteiger charge is 2.07. The van der Waals surface area contributed by atoms with Crippen molar-refractivity contribution in [2.45, 2.75) is 20.0 Å². The summed E-state index contributed by atoms with van der Waals surface area (Å²) in [6, 6.07) is 13.6. The number of halogens is 1. The van der Waals surface area contributed by atoms with Gasteiger partial charge in [0.2, 0.25) is 5.91 Å². The number of thiazole rings is 1. The Hall–Kier alpha value is -2.99. The molecule has 0 unspecified atom stereocenters. The number of rotatable bonds is 6. The van der Waals surface area contributed by atoms with Gasteiger partial charge in [-0.05, 0) is 61.9 Å². The van der Waals surface area contributed by atoms with Crippen LogP contribution in [0.2, 0.25) is 0 Å². The molecule has 1 amide bonds. The van der Waals surface area contributed by atoms with Gasteiger partial charge in [-0.2, -0.15) is 0 Å². The molecule has 1 N–H and O–H groups in total. The predicted octanol–water partition coefficient (Wildman–Crippen LogP) is 5.39. The second kappa shape index (κ2) is 8.60. The Labute approximate surface area is 161 Å². The minimum absolute atomic E-state index is 0.125. The number of benzene rings is 2. The van der Waals surface area contributed by atoms with Gasteiger partial charge in [-0.3, -0.25) is 10.1 Å². The average Bonchev–Trinajstić information content (AvgIpc) is 3.10. The number of carbonyl (C=O) groups is 1. The average molecular weight is 382 g/mol. The molecule has 3 rings (SSSR count). The van der Waals surface area contributed by atoms with Crippen molar-refractivity contribution in [2.75, 3.05) is 5.32 Å². The van der Waals surface area contributed by atoms with Crippen molar-refractivity contribution in [3.63, 3.8) is 0 Å². The third kappa shape index (κ3) is 5.49. The maximum Gasteiger partial charge on any atom is 0.250 e. The summed E-state index contributed by atoms with van der Waals surface area (Å²) in [5.41, 5.74) is 2.48. The molecule has 0 saturated carbocycles. The SMILES string of the molecule is CC(C)Oc1ccc(-c2csc(NC(=O)C=Cc3ccc(F)cc3)n2)cc1. The van der Waals surface area contributed by atoms with Crippen LogP contribution in [0.25, 0.3) is 17.3 Å². The van der Waals surface area contributed by atoms with E-state index < -0.39 is 0 Å². The fourth-order valence-electron chi connectivity index (χ4n) is 2.33. The van der Waals surface area contributed by atoms with Crippen LogP contribution in [-0.4, -0.2) is 17.0 Å². The second-order valence-corrected chi connectivity index (χ2v) is 6.96. The van der Waals surface area contributed by atoms with Gasteiger partial charge in [0.25, 0.3) is 0 Å². The molecule has 4 nitrogen and oxygen atoms in total. The topological polar surface area (TPSA) is 51.2 Å². The van der Waals surface area contributed by atoms with Gasteiger partial charge in [-0.25, -0.2) is 9.37 Å². The molecule has 27 heavy (non-hydrogen) atoms. The van der Waals surface area contributed by atoms with Crippen LogP contribution in [-0.2, 0) is 4.79 Å². The zero-order valence-electron chi connectivity index (χ0n) is 15.0. The Morgan fingerprint density at radius 3 is 2.52 bits per heavy atom. The summed E-state index contributed by atoms with van der Waals surface area (Å²) in [7, 11) is 0. The number of carbonyl (C=O) groups excluding carboxylic acids is 1. The standard InChI is InChI=1S/C21H19FN2O2S/c1-14(2)26-18-10-6-16(7-11-18)19-13-27-21(23-19)24-20(25)12-5-15-3-8-17(22)9-4-15/h3-14H,1-2H3,(H,23,24,25). The van der Waals surface area contributed by atoms with E-state index in [4.69, 9.17) is 4.74 Å². The van der Waals surface area contributed by atoms with Crippen LogP contribution in [0.5, 0.6) is 5.75 Å². The minimum atomic E-state index is -0.310. The highest BCUT2D eigenvalue weighted by Crippen LogP contribution is 2.26. The van der Waals surface area contributed by atoms with Crippen molar-refractivity contribution in [1.82, 2.24) is 4.98 Å². The molecular formula is C21H19FN2O2S. The smallest absolute Gasteiger partial charge is 0.250 e. The first-order chi connectivity index (χ1) is 13.0. The molecule has 0 spiro atoms. The van der Waals surface area contributed by atoms with E-state index in [0.29, 0.717) is 5.13 Å². The molecule has 0 bridgehead atoms. The van der Waals surface area contributed by atoms with Crippen molar-refractivity contribution < 1.29 is 13.9 Å². The summed E-state index contributed by atoms with van der Waals surface area (Å²) in [5.74, 6) is 0.208. The van der Waals surface area contributed by atoms with Gasteiger partial charge in [-0.1, -0.05) is 12.1 Å². The van der Waals surface area contributed by atoms with E-state index in [2.05, 4.69) is 10.3 Å². The number of aromatic nitrogens is 1. The molecule has 3 aromatic rings. The molecule has 0 fully saturated rings. The van der Waals surface area contributed by atoms with Crippen molar-refractivity contribution in [2.24, 2.45) is 0 Å². The maximum absolute atomic E-state index is 12.9. The summed E-state index contributed by atoms with van der Waals surface area (Å²) >= 11 is 1.35. The van der Waals surface area contributed by atoms with E-state index in [1.807, 2.05) is 43.5 Å². The van der Waals surface area contributed by atoms with Crippen molar-refractivity contribution in [1.29, 1.82) is 0 Å². The lowest BCUT2D eigenvalue weighted by atomic mass is 10.2. The van der Waals surface area contributed by atoms with E-state index in [1.54, 1.807) is 18.2 Å². The summed E-state index contributed by atoms with van der Waals surface area (Å²) in [4.78, 5) is 16.5. The van der Waals surface area contributed by atoms with Crippen molar-refractivity contribution in [3.8, 4) is 17.0 Å². The Morgan fingerprint density at radius 1 is 1.15 bits per heavy atom. The van der Waals surface area contributed by atoms with Crippen LogP contribution in [0.4, 0.5) is 9.52 Å². The number of anilines is 1. The first-order valence-electron chi connectivity index (χ1n) is 8.47. The van der Waals surface area contributed by atoms with Gasteiger partial charge in [0.05, 0.1) is 11.8 Å². The van der Waals surface area contributed by atoms with Gasteiger partial charge in [-0.15, -0.1) is 11.3 Å². The van der Waals surface area contributed by atoms with Crippen LogP contribution in [0, 0.1) is 5.82 Å². The Balaban J connectivity index is 1.61. The lowest BCUT2D eigenvalue weighted by molar-refractivity contribution is -0.111. The molecular weight excluding hydrogens is 363 g/mol. The number of ether oxygens (including phenoxy) is 1. The molecule has 0 aliphatic heterocycles. The molecule has 0 atom stereocenters. The molecule has 1 aromatic heterocycles. The normalized spacial score (nSPS) is 11.1. The summed E-state index contributed by atoms with van der Waals surface area (Å²) < 4.78 is 18.5. The Bertz CT molecular complexity index is 932. The quantitative estimate of drug-likeness (QED) is 0.582. The molecule has 1 heterocycles. The van der Waals surface area contributed by atoms with Crippen LogP contribution in [0.15, 0.2) is 60.0 Å². The molecule has 2 aromatic carbocycles. The molecule has 6 heteroatoms. The fraction of sp³-hybridized carbons (Fsp3) is 0.143. The monoisotopic (exact) mass is 382 g/mol. The highest BCUT2D eigenvalue weighted by molar-refractivity contribution is 7.14. The van der Waals surface area contributed by atoms with E-state index in [-0.39, 0.29) is 17.8 Å². The molecule has 0 radical (unpaired) electrons. The first-order valence-corrected chi connectivity index (χ1v) is 9.35. The highest BCUT2D eigenvalue weighted by atomic mass is 32.1. The fourth-order valence-corrected chi connectivity index (χ4v) is 3.06. The lowest BCUT2D eigenvalue weighted by Crippen LogP contribution is -2.07. The first kappa shape index (κ1) is 18.8. The van der Waals surface area contributed by atoms with Gasteiger partial charge < -0.3 is 4.74 Å². The molecule has 138 valence electrons. The number of hydrogen-bond donors (Lipinski definition) is 1. The van der Waals surface area contributed by atoms with E-state index in [9.17, 15) is 9.18 Å². The Morgan fingerprint density at radius 2 is 1.85 bits per heavy atom. The second-order valence-electron chi connectivity index (χ2n) is 6.10. The third-order valence-electron chi connectivity index (χ3n) is 3.55. The number of amides is 1. The van der Waals surface area contributed by atoms with Gasteiger partial charge in [0.15, 0.2) is 5.13 Å². The van der Waals surface area contributed by atoms with Gasteiger partial charge >= 0.3 is 0 Å². The summed E-state index contributed by atoms with van der Waals surface area (Å²) in [5, 5.41) is 5.14. The minimum Gasteiger partial charge on any atom is -0.491 e. The van der Waals surface area contributed by atoms with E-state index >= 15 is 0 Å². The van der Waals surface area contributed by atoms with Crippen molar-refractivity contribution >= 4 is 28.5 Å². The van der Waals surface area contributed by atoms with Crippen LogP contribution >= 0.6 is 11.3 Å². The maximum atomic E-state index is 12.9. The van der Waals surface area contributed by atoms with Gasteiger partial charge in [0.1, 0.15) is 11.6 Å². The van der Waals surface area contributed by atoms with Crippen LogP contribution in [0.1, 0.15) is 19.4 Å². The number of nitrogens with one attached hydrogen (secondary N) is 1. The molecule has 0 aliphatic rings.